The Balaban J connectivity index is 1.58. The normalized spacial score (nSPS) is 23.4. The van der Waals surface area contributed by atoms with Crippen molar-refractivity contribution >= 4 is 47.6 Å². The fourth-order valence-electron chi connectivity index (χ4n) is 9.15. The number of azide groups is 1. The molecular formula is C45H61N9O15. The van der Waals surface area contributed by atoms with Crippen molar-refractivity contribution in [3.05, 3.63) is 51.2 Å². The number of nitrogens with zero attached hydrogens (tertiary/aromatic N) is 6. The lowest BCUT2D eigenvalue weighted by Crippen LogP contribution is -2.70. The number of benzene rings is 1. The second-order valence-electron chi connectivity index (χ2n) is 17.4. The van der Waals surface area contributed by atoms with E-state index in [0.717, 1.165) is 65.7 Å². The molecule has 3 aliphatic rings. The summed E-state index contributed by atoms with van der Waals surface area (Å²) in [4.78, 5) is 108. The molecule has 0 spiro atoms. The standard InChI is InChI=1S/C45H61N9O15/c1-24-17-31(18-25(2)40(24)66-28(5)57)43(61)47-20-36(65-27(4)56)41(67-29(6)58)42-39(50-38(60)23-54-22-33(51-53-54)30-13-9-8-10-14-30)35(64-26(3)55)19-45(69-42,44(62)63-7)68-34-16-12-11-15-32(34)49-37(59)21-48-52-46/h17-18,22,30,32,34-36,39,41-42H,8-16,19-21,23H2,1-7H3,(H,47,61)(H,49,59)(H,50,60)/t32-,34+,35+,36-,39-,41-,42-,45-/m1/s1. The molecule has 3 N–H and O–H groups in total. The van der Waals surface area contributed by atoms with E-state index < -0.39 is 122 Å². The van der Waals surface area contributed by atoms with Gasteiger partial charge in [-0.25, -0.2) is 9.48 Å². The number of rotatable bonds is 19. The van der Waals surface area contributed by atoms with Crippen LogP contribution in [0.5, 0.6) is 5.75 Å². The van der Waals surface area contributed by atoms with Crippen LogP contribution in [0.2, 0.25) is 0 Å². The fraction of sp³-hybridized carbons (Fsp3) is 0.644. The van der Waals surface area contributed by atoms with Crippen LogP contribution in [0.15, 0.2) is 23.4 Å². The first kappa shape index (κ1) is 53.3. The van der Waals surface area contributed by atoms with Gasteiger partial charge in [0.05, 0.1) is 44.0 Å². The van der Waals surface area contributed by atoms with Crippen molar-refractivity contribution in [2.24, 2.45) is 5.11 Å². The second kappa shape index (κ2) is 24.6. The van der Waals surface area contributed by atoms with Crippen molar-refractivity contribution in [3.63, 3.8) is 0 Å². The van der Waals surface area contributed by atoms with E-state index in [1.165, 1.54) is 23.7 Å². The maximum Gasteiger partial charge on any atom is 0.366 e. The largest absolute Gasteiger partial charge is 0.465 e. The second-order valence-corrected chi connectivity index (χ2v) is 17.4. The molecule has 1 aromatic heterocycles. The number of esters is 5. The average molecular weight is 968 g/mol. The lowest BCUT2D eigenvalue weighted by molar-refractivity contribution is -0.327. The molecule has 2 saturated carbocycles. The lowest BCUT2D eigenvalue weighted by atomic mass is 9.86. The van der Waals surface area contributed by atoms with E-state index in [0.29, 0.717) is 30.4 Å². The number of ether oxygens (including phenoxy) is 7. The molecule has 3 amide bonds. The Bertz CT molecular complexity index is 2250. The summed E-state index contributed by atoms with van der Waals surface area (Å²) in [5, 5.41) is 20.1. The van der Waals surface area contributed by atoms with Crippen LogP contribution < -0.4 is 20.7 Å². The Hall–Kier alpha value is -6.65. The van der Waals surface area contributed by atoms with Crippen LogP contribution >= 0.6 is 0 Å². The number of hydrogen-bond acceptors (Lipinski definition) is 18. The summed E-state index contributed by atoms with van der Waals surface area (Å²) in [6.07, 6.45) is 0.0864. The van der Waals surface area contributed by atoms with E-state index in [9.17, 15) is 38.4 Å². The van der Waals surface area contributed by atoms with Gasteiger partial charge in [0.25, 0.3) is 11.7 Å². The SMILES string of the molecule is COC(=O)[C@@]1(O[C@H]2CCCC[C@H]2NC(=O)CN=[N+]=[N-])C[C@H](OC(C)=O)[C@@H](NC(=O)Cn2cc(C3CCCCC3)nn2)[C@H]([C@H](OC(C)=O)[C@@H](CNC(=O)c2cc(C)c(OC(C)=O)c(C)c2)OC(C)=O)O1. The Morgan fingerprint density at radius 1 is 0.870 bits per heavy atom. The molecule has 1 aliphatic heterocycles. The molecule has 69 heavy (non-hydrogen) atoms. The summed E-state index contributed by atoms with van der Waals surface area (Å²) in [7, 11) is 1.04. The number of aromatic nitrogens is 3. The fourth-order valence-corrected chi connectivity index (χ4v) is 9.15. The molecular weight excluding hydrogens is 907 g/mol. The van der Waals surface area contributed by atoms with Crippen LogP contribution in [-0.2, 0) is 68.5 Å². The van der Waals surface area contributed by atoms with Crippen molar-refractivity contribution < 1.29 is 71.5 Å². The average Bonchev–Trinajstić information content (AvgIpc) is 3.76. The first-order valence-electron chi connectivity index (χ1n) is 22.9. The van der Waals surface area contributed by atoms with Crippen LogP contribution in [0.25, 0.3) is 10.4 Å². The van der Waals surface area contributed by atoms with Crippen molar-refractivity contribution in [2.75, 3.05) is 20.2 Å². The number of amides is 3. The van der Waals surface area contributed by atoms with Crippen LogP contribution in [0.1, 0.15) is 125 Å². The zero-order chi connectivity index (χ0) is 50.4. The number of carbonyl (C=O) groups is 8. The number of carbonyl (C=O) groups excluding carboxylic acids is 8. The third-order valence-electron chi connectivity index (χ3n) is 12.0. The Labute approximate surface area is 398 Å². The van der Waals surface area contributed by atoms with Crippen molar-refractivity contribution in [2.45, 2.75) is 167 Å². The first-order chi connectivity index (χ1) is 32.8. The number of methoxy groups -OCH3 is 1. The van der Waals surface area contributed by atoms with Gasteiger partial charge in [-0.15, -0.1) is 5.10 Å². The predicted molar refractivity (Wildman–Crippen MR) is 238 cm³/mol. The van der Waals surface area contributed by atoms with E-state index in [1.54, 1.807) is 20.0 Å². The highest BCUT2D eigenvalue weighted by Gasteiger charge is 2.60. The van der Waals surface area contributed by atoms with E-state index in [-0.39, 0.29) is 23.7 Å². The van der Waals surface area contributed by atoms with Crippen LogP contribution in [0.3, 0.4) is 0 Å². The summed E-state index contributed by atoms with van der Waals surface area (Å²) >= 11 is 0. The highest BCUT2D eigenvalue weighted by molar-refractivity contribution is 5.95. The summed E-state index contributed by atoms with van der Waals surface area (Å²) in [5.41, 5.74) is 10.6. The minimum absolute atomic E-state index is 0.118. The molecule has 2 aliphatic carbocycles. The van der Waals surface area contributed by atoms with Gasteiger partial charge in [-0.05, 0) is 68.3 Å². The molecule has 1 aromatic carbocycles. The first-order valence-corrected chi connectivity index (χ1v) is 22.9. The summed E-state index contributed by atoms with van der Waals surface area (Å²) in [5.74, 6) is -8.61. The third kappa shape index (κ3) is 14.7. The highest BCUT2D eigenvalue weighted by Crippen LogP contribution is 2.40. The predicted octanol–water partition coefficient (Wildman–Crippen LogP) is 2.99. The molecule has 3 fully saturated rings. The molecule has 2 heterocycles. The monoisotopic (exact) mass is 967 g/mol. The van der Waals surface area contributed by atoms with Gasteiger partial charge in [0, 0.05) is 50.3 Å². The zero-order valence-corrected chi connectivity index (χ0v) is 39.9. The van der Waals surface area contributed by atoms with Gasteiger partial charge in [0.15, 0.2) is 12.2 Å². The van der Waals surface area contributed by atoms with E-state index in [4.69, 9.17) is 38.7 Å². The van der Waals surface area contributed by atoms with Crippen LogP contribution in [-0.4, -0.2) is 131 Å². The maximum atomic E-state index is 14.3. The topological polar surface area (TPSA) is 317 Å². The molecule has 0 radical (unpaired) electrons. The van der Waals surface area contributed by atoms with E-state index >= 15 is 0 Å². The molecule has 0 bridgehead atoms. The Morgan fingerprint density at radius 2 is 1.54 bits per heavy atom. The van der Waals surface area contributed by atoms with Gasteiger partial charge >= 0.3 is 29.8 Å². The zero-order valence-electron chi connectivity index (χ0n) is 39.9. The van der Waals surface area contributed by atoms with Gasteiger partial charge in [0.1, 0.15) is 31.0 Å². The number of hydrogen-bond donors (Lipinski definition) is 3. The van der Waals surface area contributed by atoms with Gasteiger partial charge in [-0.1, -0.05) is 42.4 Å². The maximum absolute atomic E-state index is 14.3. The summed E-state index contributed by atoms with van der Waals surface area (Å²) < 4.78 is 42.6. The van der Waals surface area contributed by atoms with E-state index in [2.05, 4.69) is 36.3 Å². The quantitative estimate of drug-likeness (QED) is 0.0455. The van der Waals surface area contributed by atoms with Crippen LogP contribution in [0, 0.1) is 13.8 Å². The Kier molecular flexibility index (Phi) is 19.0. The molecule has 8 atom stereocenters. The smallest absolute Gasteiger partial charge is 0.366 e. The molecule has 2 aromatic rings. The Morgan fingerprint density at radius 3 is 2.16 bits per heavy atom. The molecule has 24 heteroatoms. The van der Waals surface area contributed by atoms with Crippen LogP contribution in [0.4, 0.5) is 0 Å². The number of nitrogens with one attached hydrogen (secondary N) is 3. The summed E-state index contributed by atoms with van der Waals surface area (Å²) in [6, 6.07) is 0.653. The molecule has 1 saturated heterocycles. The van der Waals surface area contributed by atoms with Gasteiger partial charge < -0.3 is 49.1 Å². The molecule has 376 valence electrons. The molecule has 24 nitrogen and oxygen atoms in total. The molecule has 0 unspecified atom stereocenters. The van der Waals surface area contributed by atoms with Crippen molar-refractivity contribution in [1.29, 1.82) is 0 Å². The third-order valence-corrected chi connectivity index (χ3v) is 12.0. The van der Waals surface area contributed by atoms with Crippen molar-refractivity contribution in [3.8, 4) is 5.75 Å². The lowest BCUT2D eigenvalue weighted by Gasteiger charge is -2.50. The molecule has 5 rings (SSSR count). The van der Waals surface area contributed by atoms with Gasteiger partial charge in [-0.3, -0.25) is 33.6 Å². The summed E-state index contributed by atoms with van der Waals surface area (Å²) in [6.45, 7) is 6.20. The minimum atomic E-state index is -2.54. The van der Waals surface area contributed by atoms with Gasteiger partial charge in [0.2, 0.25) is 11.8 Å². The minimum Gasteiger partial charge on any atom is -0.465 e. The van der Waals surface area contributed by atoms with Gasteiger partial charge in [-0.2, -0.15) is 0 Å². The van der Waals surface area contributed by atoms with E-state index in [1.807, 2.05) is 0 Å². The highest BCUT2D eigenvalue weighted by atomic mass is 16.7. The van der Waals surface area contributed by atoms with Crippen molar-refractivity contribution in [1.82, 2.24) is 30.9 Å². The number of aryl methyl sites for hydroxylation is 2.